The van der Waals surface area contributed by atoms with Crippen molar-refractivity contribution in [1.82, 2.24) is 0 Å². The molecule has 0 heterocycles. The third kappa shape index (κ3) is 50.4. The van der Waals surface area contributed by atoms with E-state index in [1.165, 1.54) is 38.5 Å². The van der Waals surface area contributed by atoms with Gasteiger partial charge in [-0.1, -0.05) is 52.4 Å². The zero-order valence-electron chi connectivity index (χ0n) is 10.3. The van der Waals surface area contributed by atoms with E-state index >= 15 is 0 Å². The second-order valence-corrected chi connectivity index (χ2v) is 3.12. The van der Waals surface area contributed by atoms with E-state index in [4.69, 9.17) is 0 Å². The summed E-state index contributed by atoms with van der Waals surface area (Å²) < 4.78 is 0. The van der Waals surface area contributed by atoms with Crippen LogP contribution in [0.15, 0.2) is 0 Å². The molecule has 0 aromatic carbocycles. The van der Waals surface area contributed by atoms with Gasteiger partial charge in [-0.25, -0.2) is 0 Å². The van der Waals surface area contributed by atoms with Crippen molar-refractivity contribution in [3.05, 3.63) is 13.8 Å². The van der Waals surface area contributed by atoms with E-state index in [9.17, 15) is 0 Å². The van der Waals surface area contributed by atoms with Crippen LogP contribution < -0.4 is 24.8 Å². The Hall–Kier alpha value is 1.45. The minimum absolute atomic E-state index is 0. The average molecular weight is 420 g/mol. The van der Waals surface area contributed by atoms with Crippen molar-refractivity contribution >= 4 is 0 Å². The molecule has 0 amide bonds. The molecule has 0 N–H and O–H groups in total. The molecular formula is C12H26Cl2Hf. The van der Waals surface area contributed by atoms with Crippen molar-refractivity contribution in [3.8, 4) is 0 Å². The van der Waals surface area contributed by atoms with E-state index in [2.05, 4.69) is 27.7 Å². The van der Waals surface area contributed by atoms with Crippen LogP contribution >= 0.6 is 0 Å². The SMILES string of the molecule is [CH2-]CCCCC.[CH2-]CCCCC.[Cl-].[Cl-].[Hf+4]. The van der Waals surface area contributed by atoms with Gasteiger partial charge in [-0.05, 0) is 0 Å². The number of halogens is 2. The minimum atomic E-state index is 0. The van der Waals surface area contributed by atoms with Crippen LogP contribution in [0.1, 0.15) is 65.2 Å². The zero-order valence-corrected chi connectivity index (χ0v) is 15.4. The molecule has 0 fully saturated rings. The Labute approximate surface area is 129 Å². The summed E-state index contributed by atoms with van der Waals surface area (Å²) >= 11 is 0. The Morgan fingerprint density at radius 3 is 1.00 bits per heavy atom. The summed E-state index contributed by atoms with van der Waals surface area (Å²) in [4.78, 5) is 0. The van der Waals surface area contributed by atoms with E-state index in [-0.39, 0.29) is 50.7 Å². The maximum absolute atomic E-state index is 3.72. The Morgan fingerprint density at radius 1 is 0.667 bits per heavy atom. The zero-order chi connectivity index (χ0) is 9.66. The summed E-state index contributed by atoms with van der Waals surface area (Å²) in [6.45, 7) is 11.9. The van der Waals surface area contributed by atoms with E-state index in [0.717, 1.165) is 12.8 Å². The third-order valence-electron chi connectivity index (χ3n) is 1.71. The molecule has 0 aliphatic rings. The standard InChI is InChI=1S/2C6H13.2ClH.Hf/c2*1-3-5-6-4-2;;;/h2*1,3-6H2,2H3;2*1H;/q2*-1;;;+4/p-2. The molecule has 3 heteroatoms. The summed E-state index contributed by atoms with van der Waals surface area (Å²) in [5.41, 5.74) is 0. The van der Waals surface area contributed by atoms with Crippen molar-refractivity contribution in [2.75, 3.05) is 0 Å². The monoisotopic (exact) mass is 420 g/mol. The molecule has 0 rings (SSSR count). The third-order valence-corrected chi connectivity index (χ3v) is 1.71. The molecule has 0 radical (unpaired) electrons. The van der Waals surface area contributed by atoms with Gasteiger partial charge in [0.05, 0.1) is 0 Å². The smallest absolute Gasteiger partial charge is 1.00 e. The quantitative estimate of drug-likeness (QED) is 0.288. The van der Waals surface area contributed by atoms with Gasteiger partial charge in [0, 0.05) is 0 Å². The second-order valence-electron chi connectivity index (χ2n) is 3.12. The number of rotatable bonds is 6. The van der Waals surface area contributed by atoms with E-state index in [1.54, 1.807) is 0 Å². The first kappa shape index (κ1) is 30.0. The molecule has 0 nitrogen and oxygen atoms in total. The molecular weight excluding hydrogens is 394 g/mol. The molecule has 0 aromatic rings. The van der Waals surface area contributed by atoms with Gasteiger partial charge in [-0.2, -0.15) is 12.8 Å². The van der Waals surface area contributed by atoms with Crippen molar-refractivity contribution in [3.63, 3.8) is 0 Å². The molecule has 0 spiro atoms. The predicted molar refractivity (Wildman–Crippen MR) is 59.0 cm³/mol. The minimum Gasteiger partial charge on any atom is -1.00 e. The van der Waals surface area contributed by atoms with Crippen molar-refractivity contribution in [2.24, 2.45) is 0 Å². The number of unbranched alkanes of at least 4 members (excludes halogenated alkanes) is 6. The Morgan fingerprint density at radius 2 is 0.933 bits per heavy atom. The van der Waals surface area contributed by atoms with Crippen LogP contribution in [0.4, 0.5) is 0 Å². The maximum atomic E-state index is 3.72. The molecule has 0 aliphatic heterocycles. The topological polar surface area (TPSA) is 0 Å². The van der Waals surface area contributed by atoms with E-state index < -0.39 is 0 Å². The van der Waals surface area contributed by atoms with Gasteiger partial charge in [-0.15, -0.1) is 0 Å². The van der Waals surface area contributed by atoms with Crippen LogP contribution in [0, 0.1) is 13.8 Å². The van der Waals surface area contributed by atoms with Crippen molar-refractivity contribution < 1.29 is 50.7 Å². The maximum Gasteiger partial charge on any atom is 4.00 e. The van der Waals surface area contributed by atoms with Crippen LogP contribution in [-0.4, -0.2) is 0 Å². The molecule has 0 saturated heterocycles. The Bertz CT molecular complexity index is 45.6. The van der Waals surface area contributed by atoms with Crippen molar-refractivity contribution in [1.29, 1.82) is 0 Å². The Kier molecular flexibility index (Phi) is 72.1. The fourth-order valence-electron chi connectivity index (χ4n) is 0.854. The molecule has 92 valence electrons. The molecule has 0 aromatic heterocycles. The number of hydrogen-bond donors (Lipinski definition) is 0. The van der Waals surface area contributed by atoms with Gasteiger partial charge < -0.3 is 38.7 Å². The fourth-order valence-corrected chi connectivity index (χ4v) is 0.854. The molecule has 15 heavy (non-hydrogen) atoms. The van der Waals surface area contributed by atoms with Crippen LogP contribution in [0.2, 0.25) is 0 Å². The molecule has 0 atom stereocenters. The number of hydrogen-bond acceptors (Lipinski definition) is 0. The van der Waals surface area contributed by atoms with Crippen LogP contribution in [0.5, 0.6) is 0 Å². The predicted octanol–water partition coefficient (Wildman–Crippen LogP) is -1.19. The average Bonchev–Trinajstić information content (AvgIpc) is 2.12. The summed E-state index contributed by atoms with van der Waals surface area (Å²) in [5.74, 6) is 0. The van der Waals surface area contributed by atoms with Gasteiger partial charge in [0.2, 0.25) is 0 Å². The normalized spacial score (nSPS) is 7.20. The molecule has 0 saturated carbocycles. The van der Waals surface area contributed by atoms with Gasteiger partial charge in [-0.3, -0.25) is 0 Å². The summed E-state index contributed by atoms with van der Waals surface area (Å²) in [6.07, 6.45) is 10.1. The summed E-state index contributed by atoms with van der Waals surface area (Å²) in [5, 5.41) is 0. The van der Waals surface area contributed by atoms with Gasteiger partial charge in [0.1, 0.15) is 0 Å². The first-order valence-corrected chi connectivity index (χ1v) is 5.41. The Balaban J connectivity index is -0.0000000370. The largest absolute Gasteiger partial charge is 4.00 e. The van der Waals surface area contributed by atoms with Gasteiger partial charge in [0.25, 0.3) is 0 Å². The van der Waals surface area contributed by atoms with Gasteiger partial charge >= 0.3 is 25.8 Å². The fraction of sp³-hybridized carbons (Fsp3) is 0.833. The first-order chi connectivity index (χ1) is 5.83. The molecule has 0 unspecified atom stereocenters. The van der Waals surface area contributed by atoms with Gasteiger partial charge in [0.15, 0.2) is 0 Å². The van der Waals surface area contributed by atoms with E-state index in [0.29, 0.717) is 0 Å². The van der Waals surface area contributed by atoms with Crippen LogP contribution in [0.3, 0.4) is 0 Å². The van der Waals surface area contributed by atoms with Crippen LogP contribution in [-0.2, 0) is 25.8 Å². The van der Waals surface area contributed by atoms with E-state index in [1.807, 2.05) is 0 Å². The van der Waals surface area contributed by atoms with Crippen LogP contribution in [0.25, 0.3) is 0 Å². The summed E-state index contributed by atoms with van der Waals surface area (Å²) in [7, 11) is 0. The molecule has 0 aliphatic carbocycles. The second kappa shape index (κ2) is 36.1. The molecule has 0 bridgehead atoms. The van der Waals surface area contributed by atoms with Crippen molar-refractivity contribution in [2.45, 2.75) is 65.2 Å². The summed E-state index contributed by atoms with van der Waals surface area (Å²) in [6, 6.07) is 0. The first-order valence-electron chi connectivity index (χ1n) is 5.41.